The van der Waals surface area contributed by atoms with Crippen LogP contribution in [0.5, 0.6) is 0 Å². The molecule has 34 heavy (non-hydrogen) atoms. The predicted molar refractivity (Wildman–Crippen MR) is 131 cm³/mol. The van der Waals surface area contributed by atoms with Gasteiger partial charge in [-0.05, 0) is 43.4 Å². The Kier molecular flexibility index (Phi) is 6.02. The first-order valence-corrected chi connectivity index (χ1v) is 11.7. The average Bonchev–Trinajstić information content (AvgIpc) is 3.29. The number of aryl methyl sites for hydroxylation is 2. The van der Waals surface area contributed by atoms with Gasteiger partial charge in [-0.25, -0.2) is 9.48 Å². The van der Waals surface area contributed by atoms with Crippen LogP contribution in [0, 0.1) is 0 Å². The first kappa shape index (κ1) is 22.1. The second-order valence-electron chi connectivity index (χ2n) is 8.61. The van der Waals surface area contributed by atoms with Crippen molar-refractivity contribution in [2.45, 2.75) is 38.8 Å². The molecule has 4 aromatic rings. The molecule has 2 aromatic carbocycles. The number of pyridine rings is 1. The minimum atomic E-state index is -0.414. The molecule has 0 amide bonds. The van der Waals surface area contributed by atoms with Gasteiger partial charge in [0.15, 0.2) is 0 Å². The molecule has 0 bridgehead atoms. The van der Waals surface area contributed by atoms with Crippen molar-refractivity contribution in [3.63, 3.8) is 0 Å². The number of carbonyl (C=O) groups is 1. The van der Waals surface area contributed by atoms with E-state index in [1.165, 1.54) is 17.3 Å². The Morgan fingerprint density at radius 1 is 1.18 bits per heavy atom. The van der Waals surface area contributed by atoms with Crippen LogP contribution in [0.4, 0.5) is 0 Å². The molecule has 7 nitrogen and oxygen atoms in total. The van der Waals surface area contributed by atoms with E-state index in [9.17, 15) is 9.59 Å². The number of esters is 1. The van der Waals surface area contributed by atoms with Crippen LogP contribution in [0.25, 0.3) is 16.6 Å². The summed E-state index contributed by atoms with van der Waals surface area (Å²) in [5.74, 6) is -0.414. The summed E-state index contributed by atoms with van der Waals surface area (Å²) < 4.78 is 8.63. The van der Waals surface area contributed by atoms with Crippen LogP contribution in [-0.4, -0.2) is 26.9 Å². The number of carbonyl (C=O) groups excluding carboxylic acids is 1. The van der Waals surface area contributed by atoms with E-state index in [4.69, 9.17) is 4.74 Å². The highest BCUT2D eigenvalue weighted by molar-refractivity contribution is 5.92. The van der Waals surface area contributed by atoms with E-state index < -0.39 is 5.97 Å². The van der Waals surface area contributed by atoms with E-state index >= 15 is 0 Å². The molecule has 2 heterocycles. The van der Waals surface area contributed by atoms with Gasteiger partial charge in [0.1, 0.15) is 5.56 Å². The van der Waals surface area contributed by atoms with E-state index in [0.717, 1.165) is 30.2 Å². The molecule has 1 atom stereocenters. The number of fused-ring (bicyclic) bond motifs is 2. The van der Waals surface area contributed by atoms with Crippen LogP contribution < -0.4 is 10.9 Å². The molecule has 1 aliphatic carbocycles. The molecule has 0 saturated heterocycles. The molecule has 174 valence electrons. The Labute approximate surface area is 198 Å². The number of aromatic nitrogens is 3. The number of para-hydroxylation sites is 1. The topological polar surface area (TPSA) is 78.2 Å². The third kappa shape index (κ3) is 3.92. The maximum atomic E-state index is 12.8. The number of benzene rings is 2. The van der Waals surface area contributed by atoms with Crippen LogP contribution >= 0.6 is 0 Å². The second-order valence-corrected chi connectivity index (χ2v) is 8.61. The molecule has 5 rings (SSSR count). The highest BCUT2D eigenvalue weighted by Crippen LogP contribution is 2.30. The number of ether oxygens (including phenoxy) is 1. The lowest BCUT2D eigenvalue weighted by Crippen LogP contribution is -2.27. The summed E-state index contributed by atoms with van der Waals surface area (Å²) in [7, 11) is 1.75. The number of hydrogen-bond acceptors (Lipinski definition) is 5. The van der Waals surface area contributed by atoms with Crippen molar-refractivity contribution in [1.29, 1.82) is 0 Å². The first-order chi connectivity index (χ1) is 16.6. The first-order valence-electron chi connectivity index (χ1n) is 11.7. The van der Waals surface area contributed by atoms with Crippen molar-refractivity contribution in [3.05, 3.63) is 93.5 Å². The monoisotopic (exact) mass is 456 g/mol. The summed E-state index contributed by atoms with van der Waals surface area (Å²) >= 11 is 0. The van der Waals surface area contributed by atoms with Crippen molar-refractivity contribution in [3.8, 4) is 5.69 Å². The zero-order valence-electron chi connectivity index (χ0n) is 19.5. The van der Waals surface area contributed by atoms with Gasteiger partial charge in [-0.1, -0.05) is 42.5 Å². The summed E-state index contributed by atoms with van der Waals surface area (Å²) in [4.78, 5) is 25.5. The molecule has 0 aliphatic heterocycles. The highest BCUT2D eigenvalue weighted by atomic mass is 16.5. The molecule has 0 spiro atoms. The van der Waals surface area contributed by atoms with E-state index in [1.807, 2.05) is 24.3 Å². The van der Waals surface area contributed by atoms with Gasteiger partial charge in [-0.15, -0.1) is 0 Å². The van der Waals surface area contributed by atoms with E-state index in [1.54, 1.807) is 29.3 Å². The van der Waals surface area contributed by atoms with Gasteiger partial charge in [0.2, 0.25) is 0 Å². The summed E-state index contributed by atoms with van der Waals surface area (Å²) in [5.41, 5.74) is 5.07. The Balaban J connectivity index is 1.59. The second kappa shape index (κ2) is 9.27. The van der Waals surface area contributed by atoms with Gasteiger partial charge in [0, 0.05) is 31.1 Å². The molecule has 1 aliphatic rings. The van der Waals surface area contributed by atoms with Gasteiger partial charge >= 0.3 is 5.97 Å². The molecule has 1 unspecified atom stereocenters. The van der Waals surface area contributed by atoms with Gasteiger partial charge in [0.05, 0.1) is 29.7 Å². The SMILES string of the molecule is CCOC(=O)c1cnn(-c2cc(=O)n(C)c3ccccc23)c1CNC1CCCc2ccccc21. The number of hydrogen-bond donors (Lipinski definition) is 1. The van der Waals surface area contributed by atoms with E-state index in [-0.39, 0.29) is 18.2 Å². The van der Waals surface area contributed by atoms with Crippen LogP contribution in [0.2, 0.25) is 0 Å². The van der Waals surface area contributed by atoms with E-state index in [0.29, 0.717) is 23.5 Å². The standard InChI is InChI=1S/C27H28N4O3/c1-3-34-27(33)21-16-29-31(24-15-26(32)30(2)23-14-7-6-12-20(23)24)25(21)17-28-22-13-8-10-18-9-4-5-11-19(18)22/h4-7,9,11-12,14-16,22,28H,3,8,10,13,17H2,1-2H3. The lowest BCUT2D eigenvalue weighted by atomic mass is 9.88. The summed E-state index contributed by atoms with van der Waals surface area (Å²) in [6, 6.07) is 18.0. The van der Waals surface area contributed by atoms with E-state index in [2.05, 4.69) is 34.7 Å². The van der Waals surface area contributed by atoms with Crippen LogP contribution in [0.1, 0.15) is 53.0 Å². The van der Waals surface area contributed by atoms with Crippen molar-refractivity contribution < 1.29 is 9.53 Å². The Morgan fingerprint density at radius 3 is 2.82 bits per heavy atom. The average molecular weight is 457 g/mol. The van der Waals surface area contributed by atoms with Crippen LogP contribution in [0.15, 0.2) is 65.6 Å². The maximum Gasteiger partial charge on any atom is 0.341 e. The third-order valence-electron chi connectivity index (χ3n) is 6.61. The van der Waals surface area contributed by atoms with Crippen molar-refractivity contribution >= 4 is 16.9 Å². The minimum absolute atomic E-state index is 0.137. The summed E-state index contributed by atoms with van der Waals surface area (Å²) in [5, 5.41) is 9.08. The van der Waals surface area contributed by atoms with Gasteiger partial charge in [-0.2, -0.15) is 5.10 Å². The number of nitrogens with one attached hydrogen (secondary N) is 1. The largest absolute Gasteiger partial charge is 0.462 e. The quantitative estimate of drug-likeness (QED) is 0.443. The van der Waals surface area contributed by atoms with Crippen LogP contribution in [-0.2, 0) is 24.8 Å². The van der Waals surface area contributed by atoms with Crippen molar-refractivity contribution in [1.82, 2.24) is 19.7 Å². The Bertz CT molecular complexity index is 1420. The smallest absolute Gasteiger partial charge is 0.341 e. The molecule has 0 fully saturated rings. The zero-order valence-corrected chi connectivity index (χ0v) is 19.5. The normalized spacial score (nSPS) is 15.3. The molecule has 7 heteroatoms. The lowest BCUT2D eigenvalue weighted by Gasteiger charge is -2.27. The molecular formula is C27H28N4O3. The van der Waals surface area contributed by atoms with Gasteiger partial charge < -0.3 is 14.6 Å². The Morgan fingerprint density at radius 2 is 1.97 bits per heavy atom. The van der Waals surface area contributed by atoms with Crippen molar-refractivity contribution in [2.75, 3.05) is 6.61 Å². The fraction of sp³-hybridized carbons (Fsp3) is 0.296. The maximum absolute atomic E-state index is 12.8. The molecule has 2 aromatic heterocycles. The van der Waals surface area contributed by atoms with Crippen molar-refractivity contribution in [2.24, 2.45) is 7.05 Å². The fourth-order valence-electron chi connectivity index (χ4n) is 4.88. The fourth-order valence-corrected chi connectivity index (χ4v) is 4.88. The summed E-state index contributed by atoms with van der Waals surface area (Å²) in [6.45, 7) is 2.48. The summed E-state index contributed by atoms with van der Waals surface area (Å²) in [6.07, 6.45) is 4.75. The molecule has 1 N–H and O–H groups in total. The van der Waals surface area contributed by atoms with Gasteiger partial charge in [-0.3, -0.25) is 4.79 Å². The Hall–Kier alpha value is -3.71. The highest BCUT2D eigenvalue weighted by Gasteiger charge is 2.24. The lowest BCUT2D eigenvalue weighted by molar-refractivity contribution is 0.0524. The number of rotatable bonds is 6. The minimum Gasteiger partial charge on any atom is -0.462 e. The molecule has 0 radical (unpaired) electrons. The van der Waals surface area contributed by atoms with Gasteiger partial charge in [0.25, 0.3) is 5.56 Å². The number of nitrogens with zero attached hydrogens (tertiary/aromatic N) is 3. The molecular weight excluding hydrogens is 428 g/mol. The predicted octanol–water partition coefficient (Wildman–Crippen LogP) is 4.07. The van der Waals surface area contributed by atoms with Crippen LogP contribution in [0.3, 0.4) is 0 Å². The molecule has 0 saturated carbocycles. The third-order valence-corrected chi connectivity index (χ3v) is 6.61. The zero-order chi connectivity index (χ0) is 23.7.